The van der Waals surface area contributed by atoms with Gasteiger partial charge in [-0.25, -0.2) is 13.2 Å². The highest BCUT2D eigenvalue weighted by Crippen LogP contribution is 2.39. The summed E-state index contributed by atoms with van der Waals surface area (Å²) >= 11 is 0. The standard InChI is InChI=1S/C21H20B2F3NO4/c1-19(2)20(3,4)31-23(30-19)11-8-15(25)13(16(26)9-11)10-27-18(28)12-6-5-7-14(24)17(12)21(27,22)29/h5-9,29H,10H2,1-4H3. The average Bonchev–Trinajstić information content (AvgIpc) is 2.98. The van der Waals surface area contributed by atoms with Crippen molar-refractivity contribution in [3.63, 3.8) is 0 Å². The van der Waals surface area contributed by atoms with E-state index in [9.17, 15) is 23.1 Å². The molecule has 2 aromatic carbocycles. The van der Waals surface area contributed by atoms with E-state index in [4.69, 9.17) is 17.2 Å². The van der Waals surface area contributed by atoms with E-state index in [1.165, 1.54) is 12.1 Å². The lowest BCUT2D eigenvalue weighted by atomic mass is 9.78. The van der Waals surface area contributed by atoms with Crippen LogP contribution in [0, 0.1) is 17.5 Å². The Morgan fingerprint density at radius 3 is 2.10 bits per heavy atom. The van der Waals surface area contributed by atoms with Gasteiger partial charge in [-0.05, 0) is 57.4 Å². The maximum absolute atomic E-state index is 14.9. The summed E-state index contributed by atoms with van der Waals surface area (Å²) in [5.41, 5.74) is -4.93. The number of amides is 1. The van der Waals surface area contributed by atoms with Gasteiger partial charge in [0.2, 0.25) is 0 Å². The highest BCUT2D eigenvalue weighted by molar-refractivity contribution is 6.62. The van der Waals surface area contributed by atoms with Crippen LogP contribution in [0.2, 0.25) is 0 Å². The van der Waals surface area contributed by atoms with E-state index in [1.54, 1.807) is 0 Å². The van der Waals surface area contributed by atoms with Gasteiger partial charge >= 0.3 is 7.12 Å². The number of carbonyl (C=O) groups is 1. The van der Waals surface area contributed by atoms with Gasteiger partial charge in [0.15, 0.2) is 7.85 Å². The molecular weight excluding hydrogens is 409 g/mol. The number of benzene rings is 2. The summed E-state index contributed by atoms with van der Waals surface area (Å²) in [6.07, 6.45) is 0. The maximum Gasteiger partial charge on any atom is 0.495 e. The molecular formula is C21H20B2F3NO4. The number of aliphatic hydroxyl groups is 1. The molecule has 1 fully saturated rings. The predicted molar refractivity (Wildman–Crippen MR) is 108 cm³/mol. The van der Waals surface area contributed by atoms with Crippen molar-refractivity contribution in [2.75, 3.05) is 0 Å². The zero-order chi connectivity index (χ0) is 22.9. The first-order chi connectivity index (χ1) is 14.3. The van der Waals surface area contributed by atoms with Gasteiger partial charge in [-0.1, -0.05) is 6.07 Å². The third-order valence-corrected chi connectivity index (χ3v) is 6.27. The monoisotopic (exact) mass is 429 g/mol. The van der Waals surface area contributed by atoms with E-state index in [2.05, 4.69) is 0 Å². The lowest BCUT2D eigenvalue weighted by Gasteiger charge is -2.32. The molecule has 2 radical (unpaired) electrons. The van der Waals surface area contributed by atoms with Crippen molar-refractivity contribution in [2.45, 2.75) is 51.1 Å². The van der Waals surface area contributed by atoms with Gasteiger partial charge in [-0.2, -0.15) is 0 Å². The Morgan fingerprint density at radius 2 is 1.58 bits per heavy atom. The first-order valence-electron chi connectivity index (χ1n) is 9.72. The summed E-state index contributed by atoms with van der Waals surface area (Å²) in [6.45, 7) is 6.54. The van der Waals surface area contributed by atoms with Crippen molar-refractivity contribution in [1.82, 2.24) is 4.90 Å². The predicted octanol–water partition coefficient (Wildman–Crippen LogP) is 2.33. The molecule has 2 aliphatic rings. The summed E-state index contributed by atoms with van der Waals surface area (Å²) < 4.78 is 55.6. The zero-order valence-corrected chi connectivity index (χ0v) is 17.5. The topological polar surface area (TPSA) is 59.0 Å². The molecule has 0 saturated carbocycles. The van der Waals surface area contributed by atoms with Crippen LogP contribution in [-0.2, 0) is 21.5 Å². The number of fused-ring (bicyclic) bond motifs is 1. The molecule has 31 heavy (non-hydrogen) atoms. The number of halogens is 3. The number of hydrogen-bond donors (Lipinski definition) is 1. The van der Waals surface area contributed by atoms with E-state index in [0.717, 1.165) is 18.2 Å². The van der Waals surface area contributed by atoms with Crippen LogP contribution >= 0.6 is 0 Å². The summed E-state index contributed by atoms with van der Waals surface area (Å²) in [6, 6.07) is 5.70. The molecule has 1 atom stereocenters. The fourth-order valence-electron chi connectivity index (χ4n) is 3.75. The van der Waals surface area contributed by atoms with Crippen molar-refractivity contribution in [2.24, 2.45) is 0 Å². The van der Waals surface area contributed by atoms with E-state index < -0.39 is 65.0 Å². The molecule has 160 valence electrons. The summed E-state index contributed by atoms with van der Waals surface area (Å²) in [7, 11) is 4.81. The number of carbonyl (C=O) groups excluding carboxylic acids is 1. The molecule has 2 aliphatic heterocycles. The second kappa shape index (κ2) is 6.85. The molecule has 0 spiro atoms. The van der Waals surface area contributed by atoms with Crippen molar-refractivity contribution in [1.29, 1.82) is 0 Å². The Balaban J connectivity index is 1.66. The van der Waals surface area contributed by atoms with Gasteiger partial charge in [0, 0.05) is 16.7 Å². The second-order valence-corrected chi connectivity index (χ2v) is 8.83. The Hall–Kier alpha value is -2.29. The van der Waals surface area contributed by atoms with Crippen LogP contribution in [0.5, 0.6) is 0 Å². The van der Waals surface area contributed by atoms with Crippen molar-refractivity contribution < 1.29 is 32.4 Å². The molecule has 1 amide bonds. The van der Waals surface area contributed by atoms with Crippen LogP contribution in [0.3, 0.4) is 0 Å². The Morgan fingerprint density at radius 1 is 1.03 bits per heavy atom. The SMILES string of the molecule is [B]C1(O)c2c(F)cccc2C(=O)N1Cc1c(F)cc(B2OC(C)(C)C(C)(C)O2)cc1F. The molecule has 2 heterocycles. The summed E-state index contributed by atoms with van der Waals surface area (Å²) in [5, 5.41) is 10.6. The molecule has 1 saturated heterocycles. The summed E-state index contributed by atoms with van der Waals surface area (Å²) in [4.78, 5) is 13.3. The Kier molecular flexibility index (Phi) is 4.85. The minimum absolute atomic E-state index is 0.127. The van der Waals surface area contributed by atoms with E-state index in [-0.39, 0.29) is 11.0 Å². The third kappa shape index (κ3) is 3.28. The maximum atomic E-state index is 14.9. The fraction of sp³-hybridized carbons (Fsp3) is 0.381. The molecule has 0 bridgehead atoms. The van der Waals surface area contributed by atoms with Gasteiger partial charge in [-0.15, -0.1) is 0 Å². The third-order valence-electron chi connectivity index (χ3n) is 6.27. The Bertz CT molecular complexity index is 1050. The smallest absolute Gasteiger partial charge is 0.399 e. The summed E-state index contributed by atoms with van der Waals surface area (Å²) in [5.74, 6) is -3.70. The van der Waals surface area contributed by atoms with Gasteiger partial charge in [0.25, 0.3) is 5.91 Å². The first-order valence-corrected chi connectivity index (χ1v) is 9.72. The highest BCUT2D eigenvalue weighted by atomic mass is 19.1. The van der Waals surface area contributed by atoms with Crippen molar-refractivity contribution in [3.05, 3.63) is 64.5 Å². The quantitative estimate of drug-likeness (QED) is 0.762. The van der Waals surface area contributed by atoms with Crippen LogP contribution in [0.4, 0.5) is 13.2 Å². The van der Waals surface area contributed by atoms with Gasteiger partial charge in [-0.3, -0.25) is 4.79 Å². The minimum Gasteiger partial charge on any atom is -0.399 e. The highest BCUT2D eigenvalue weighted by Gasteiger charge is 2.52. The van der Waals surface area contributed by atoms with Gasteiger partial charge < -0.3 is 19.3 Å². The average molecular weight is 429 g/mol. The van der Waals surface area contributed by atoms with Crippen LogP contribution in [-0.4, -0.2) is 42.1 Å². The minimum atomic E-state index is -2.55. The lowest BCUT2D eigenvalue weighted by Crippen LogP contribution is -2.44. The van der Waals surface area contributed by atoms with Crippen molar-refractivity contribution in [3.8, 4) is 0 Å². The molecule has 0 aliphatic carbocycles. The van der Waals surface area contributed by atoms with Crippen LogP contribution in [0.25, 0.3) is 0 Å². The lowest BCUT2D eigenvalue weighted by molar-refractivity contribution is -0.0225. The van der Waals surface area contributed by atoms with Crippen LogP contribution in [0.15, 0.2) is 30.3 Å². The van der Waals surface area contributed by atoms with Crippen LogP contribution < -0.4 is 5.46 Å². The normalized spacial score (nSPS) is 24.1. The van der Waals surface area contributed by atoms with E-state index in [0.29, 0.717) is 4.90 Å². The molecule has 1 unspecified atom stereocenters. The van der Waals surface area contributed by atoms with Crippen molar-refractivity contribution >= 4 is 26.3 Å². The molecule has 5 nitrogen and oxygen atoms in total. The van der Waals surface area contributed by atoms with E-state index in [1.807, 2.05) is 27.7 Å². The largest absolute Gasteiger partial charge is 0.495 e. The van der Waals surface area contributed by atoms with Crippen LogP contribution in [0.1, 0.15) is 49.2 Å². The number of nitrogens with zero attached hydrogens (tertiary/aromatic N) is 1. The first kappa shape index (κ1) is 21.9. The molecule has 4 rings (SSSR count). The molecule has 2 aromatic rings. The van der Waals surface area contributed by atoms with Gasteiger partial charge in [0.1, 0.15) is 23.1 Å². The number of rotatable bonds is 3. The molecule has 10 heteroatoms. The number of hydrogen-bond acceptors (Lipinski definition) is 4. The zero-order valence-electron chi connectivity index (χ0n) is 17.5. The van der Waals surface area contributed by atoms with Gasteiger partial charge in [0.05, 0.1) is 17.7 Å². The fourth-order valence-corrected chi connectivity index (χ4v) is 3.75. The second-order valence-electron chi connectivity index (χ2n) is 8.83. The van der Waals surface area contributed by atoms with E-state index >= 15 is 0 Å². The Labute approximate surface area is 179 Å². The molecule has 0 aromatic heterocycles. The molecule has 1 N–H and O–H groups in total.